The van der Waals surface area contributed by atoms with Gasteiger partial charge in [0.1, 0.15) is 5.69 Å². The van der Waals surface area contributed by atoms with Gasteiger partial charge in [0.05, 0.1) is 13.7 Å². The van der Waals surface area contributed by atoms with Crippen LogP contribution in [0.1, 0.15) is 48.8 Å². The summed E-state index contributed by atoms with van der Waals surface area (Å²) in [7, 11) is 1.37. The average Bonchev–Trinajstić information content (AvgIpc) is 2.95. The Kier molecular flexibility index (Phi) is 4.83. The lowest BCUT2D eigenvalue weighted by Crippen LogP contribution is -2.50. The molecule has 5 heteroatoms. The highest BCUT2D eigenvalue weighted by Gasteiger charge is 2.33. The van der Waals surface area contributed by atoms with Crippen molar-refractivity contribution in [3.63, 3.8) is 0 Å². The third-order valence-electron chi connectivity index (χ3n) is 4.34. The minimum absolute atomic E-state index is 0.157. The molecule has 1 heterocycles. The quantitative estimate of drug-likeness (QED) is 0.719. The number of rotatable bonds is 5. The highest BCUT2D eigenvalue weighted by atomic mass is 16.5. The highest BCUT2D eigenvalue weighted by molar-refractivity contribution is 5.87. The summed E-state index contributed by atoms with van der Waals surface area (Å²) in [6.45, 7) is 3.03. The summed E-state index contributed by atoms with van der Waals surface area (Å²) in [4.78, 5) is 14.4. The molecule has 0 aromatic carbocycles. The van der Waals surface area contributed by atoms with Crippen LogP contribution in [0.2, 0.25) is 0 Å². The fraction of sp³-hybridized carbons (Fsp3) is 0.667. The summed E-state index contributed by atoms with van der Waals surface area (Å²) in [5.74, 6) is 0.382. The molecular formula is C15H24N2O3. The average molecular weight is 280 g/mol. The Morgan fingerprint density at radius 1 is 1.50 bits per heavy atom. The summed E-state index contributed by atoms with van der Waals surface area (Å²) in [5, 5.41) is 13.1. The van der Waals surface area contributed by atoms with Gasteiger partial charge in [-0.25, -0.2) is 4.79 Å². The normalized spacial score (nSPS) is 26.4. The second-order valence-corrected chi connectivity index (χ2v) is 5.86. The van der Waals surface area contributed by atoms with Crippen molar-refractivity contribution in [1.82, 2.24) is 10.3 Å². The monoisotopic (exact) mass is 280 g/mol. The van der Waals surface area contributed by atoms with E-state index in [1.165, 1.54) is 7.11 Å². The highest BCUT2D eigenvalue weighted by Crippen LogP contribution is 2.31. The zero-order valence-electron chi connectivity index (χ0n) is 12.2. The lowest BCUT2D eigenvalue weighted by atomic mass is 9.77. The molecule has 0 spiro atoms. The molecule has 0 saturated heterocycles. The first-order valence-electron chi connectivity index (χ1n) is 7.21. The van der Waals surface area contributed by atoms with Gasteiger partial charge in [-0.15, -0.1) is 0 Å². The van der Waals surface area contributed by atoms with Crippen LogP contribution in [0.25, 0.3) is 0 Å². The van der Waals surface area contributed by atoms with Crippen molar-refractivity contribution >= 4 is 5.97 Å². The van der Waals surface area contributed by atoms with E-state index >= 15 is 0 Å². The minimum atomic E-state index is -0.361. The third-order valence-corrected chi connectivity index (χ3v) is 4.34. The summed E-state index contributed by atoms with van der Waals surface area (Å²) in [6.07, 6.45) is 4.28. The van der Waals surface area contributed by atoms with E-state index in [1.54, 1.807) is 6.07 Å². The molecule has 1 fully saturated rings. The van der Waals surface area contributed by atoms with Crippen LogP contribution in [-0.4, -0.2) is 35.3 Å². The lowest BCUT2D eigenvalue weighted by Gasteiger charge is -2.39. The molecule has 0 unspecified atom stereocenters. The van der Waals surface area contributed by atoms with E-state index in [1.807, 2.05) is 6.07 Å². The number of carbonyl (C=O) groups is 1. The largest absolute Gasteiger partial charge is 0.464 e. The molecule has 1 saturated carbocycles. The van der Waals surface area contributed by atoms with E-state index in [2.05, 4.69) is 22.0 Å². The number of esters is 1. The molecule has 0 amide bonds. The Morgan fingerprint density at radius 3 is 2.80 bits per heavy atom. The molecule has 0 atom stereocenters. The molecular weight excluding hydrogens is 256 g/mol. The molecule has 1 aliphatic rings. The van der Waals surface area contributed by atoms with E-state index < -0.39 is 0 Å². The summed E-state index contributed by atoms with van der Waals surface area (Å²) >= 11 is 0. The van der Waals surface area contributed by atoms with Gasteiger partial charge in [-0.3, -0.25) is 0 Å². The fourth-order valence-electron chi connectivity index (χ4n) is 2.76. The van der Waals surface area contributed by atoms with E-state index in [4.69, 9.17) is 0 Å². The Morgan fingerprint density at radius 2 is 2.20 bits per heavy atom. The predicted octanol–water partition coefficient (Wildman–Crippen LogP) is 1.83. The number of hydrogen-bond donors (Lipinski definition) is 3. The number of aromatic amines is 1. The summed E-state index contributed by atoms with van der Waals surface area (Å²) in [5.41, 5.74) is 1.21. The SMILES string of the molecule is COC(=O)c1ccc(CNC2(CO)CCC(C)CC2)[nH]1. The topological polar surface area (TPSA) is 74.3 Å². The molecule has 0 radical (unpaired) electrons. The van der Waals surface area contributed by atoms with Crippen LogP contribution in [0, 0.1) is 5.92 Å². The van der Waals surface area contributed by atoms with Crippen LogP contribution >= 0.6 is 0 Å². The van der Waals surface area contributed by atoms with Gasteiger partial charge in [0.25, 0.3) is 0 Å². The van der Waals surface area contributed by atoms with E-state index in [0.717, 1.165) is 37.3 Å². The minimum Gasteiger partial charge on any atom is -0.464 e. The van der Waals surface area contributed by atoms with Crippen LogP contribution in [0.5, 0.6) is 0 Å². The Bertz CT molecular complexity index is 448. The maximum Gasteiger partial charge on any atom is 0.354 e. The molecule has 1 aromatic heterocycles. The Labute approximate surface area is 119 Å². The molecule has 1 aromatic rings. The van der Waals surface area contributed by atoms with E-state index in [9.17, 15) is 9.90 Å². The van der Waals surface area contributed by atoms with Crippen LogP contribution < -0.4 is 5.32 Å². The number of methoxy groups -OCH3 is 1. The van der Waals surface area contributed by atoms with Crippen LogP contribution in [0.3, 0.4) is 0 Å². The first-order valence-corrected chi connectivity index (χ1v) is 7.21. The number of nitrogens with one attached hydrogen (secondary N) is 2. The molecule has 5 nitrogen and oxygen atoms in total. The number of aliphatic hydroxyl groups is 1. The number of H-pyrrole nitrogens is 1. The maximum atomic E-state index is 11.4. The number of carbonyl (C=O) groups excluding carboxylic acids is 1. The maximum absolute atomic E-state index is 11.4. The smallest absolute Gasteiger partial charge is 0.354 e. The molecule has 3 N–H and O–H groups in total. The fourth-order valence-corrected chi connectivity index (χ4v) is 2.76. The second kappa shape index (κ2) is 6.41. The van der Waals surface area contributed by atoms with Crippen molar-refractivity contribution in [1.29, 1.82) is 0 Å². The zero-order chi connectivity index (χ0) is 14.6. The van der Waals surface area contributed by atoms with Gasteiger partial charge in [-0.2, -0.15) is 0 Å². The number of aromatic nitrogens is 1. The number of hydrogen-bond acceptors (Lipinski definition) is 4. The van der Waals surface area contributed by atoms with Crippen molar-refractivity contribution in [2.45, 2.75) is 44.7 Å². The Hall–Kier alpha value is -1.33. The van der Waals surface area contributed by atoms with Gasteiger partial charge in [0.2, 0.25) is 0 Å². The molecule has 112 valence electrons. The molecule has 20 heavy (non-hydrogen) atoms. The zero-order valence-corrected chi connectivity index (χ0v) is 12.2. The van der Waals surface area contributed by atoms with Crippen LogP contribution in [0.15, 0.2) is 12.1 Å². The molecule has 2 rings (SSSR count). The van der Waals surface area contributed by atoms with Gasteiger partial charge in [0, 0.05) is 17.8 Å². The van der Waals surface area contributed by atoms with E-state index in [0.29, 0.717) is 12.2 Å². The van der Waals surface area contributed by atoms with Crippen molar-refractivity contribution in [3.05, 3.63) is 23.5 Å². The third kappa shape index (κ3) is 3.41. The number of ether oxygens (including phenoxy) is 1. The second-order valence-electron chi connectivity index (χ2n) is 5.86. The first kappa shape index (κ1) is 15.1. The standard InChI is InChI=1S/C15H24N2O3/c1-11-5-7-15(10-18,8-6-11)16-9-12-3-4-13(17-12)14(19)20-2/h3-4,11,16-18H,5-10H2,1-2H3. The van der Waals surface area contributed by atoms with Crippen molar-refractivity contribution in [2.24, 2.45) is 5.92 Å². The van der Waals surface area contributed by atoms with Crippen molar-refractivity contribution in [3.8, 4) is 0 Å². The van der Waals surface area contributed by atoms with Crippen molar-refractivity contribution < 1.29 is 14.6 Å². The van der Waals surface area contributed by atoms with Crippen LogP contribution in [-0.2, 0) is 11.3 Å². The summed E-state index contributed by atoms with van der Waals surface area (Å²) < 4.78 is 4.67. The van der Waals surface area contributed by atoms with Crippen LogP contribution in [0.4, 0.5) is 0 Å². The van der Waals surface area contributed by atoms with Gasteiger partial charge in [0.15, 0.2) is 0 Å². The predicted molar refractivity (Wildman–Crippen MR) is 76.4 cm³/mol. The van der Waals surface area contributed by atoms with Gasteiger partial charge in [-0.1, -0.05) is 6.92 Å². The van der Waals surface area contributed by atoms with Gasteiger partial charge < -0.3 is 20.1 Å². The molecule has 0 bridgehead atoms. The van der Waals surface area contributed by atoms with Gasteiger partial charge >= 0.3 is 5.97 Å². The lowest BCUT2D eigenvalue weighted by molar-refractivity contribution is 0.0594. The van der Waals surface area contributed by atoms with Crippen molar-refractivity contribution in [2.75, 3.05) is 13.7 Å². The molecule has 1 aliphatic carbocycles. The number of aliphatic hydroxyl groups excluding tert-OH is 1. The Balaban J connectivity index is 1.93. The molecule has 0 aliphatic heterocycles. The van der Waals surface area contributed by atoms with Gasteiger partial charge in [-0.05, 0) is 43.7 Å². The summed E-state index contributed by atoms with van der Waals surface area (Å²) in [6, 6.07) is 3.59. The first-order chi connectivity index (χ1) is 9.58. The van der Waals surface area contributed by atoms with E-state index in [-0.39, 0.29) is 18.1 Å².